The van der Waals surface area contributed by atoms with E-state index in [-0.39, 0.29) is 26.3 Å². The molecule has 2 unspecified atom stereocenters. The van der Waals surface area contributed by atoms with Gasteiger partial charge in [-0.15, -0.1) is 6.54 Å². The van der Waals surface area contributed by atoms with Gasteiger partial charge in [0.25, 0.3) is 0 Å². The molecular formula is C8H18NO4-. The molecule has 0 amide bonds. The van der Waals surface area contributed by atoms with Crippen LogP contribution in [0.4, 0.5) is 0 Å². The molecule has 0 aromatic heterocycles. The van der Waals surface area contributed by atoms with E-state index in [1.54, 1.807) is 4.90 Å². The maximum atomic E-state index is 9.08. The fourth-order valence-electron chi connectivity index (χ4n) is 0.969. The Morgan fingerprint density at radius 2 is 1.38 bits per heavy atom. The molecule has 2 atom stereocenters. The van der Waals surface area contributed by atoms with Crippen molar-refractivity contribution in [3.8, 4) is 0 Å². The van der Waals surface area contributed by atoms with Crippen LogP contribution in [0.25, 0.3) is 0 Å². The summed E-state index contributed by atoms with van der Waals surface area (Å²) in [6, 6.07) is 0. The molecule has 0 aliphatic rings. The molecule has 0 aromatic carbocycles. The number of hydrogen-bond acceptors (Lipinski definition) is 5. The van der Waals surface area contributed by atoms with Gasteiger partial charge in [0, 0.05) is 13.1 Å². The molecule has 0 spiro atoms. The van der Waals surface area contributed by atoms with Gasteiger partial charge in [-0.05, 0) is 0 Å². The number of hydrogen-bond donors (Lipinski definition) is 4. The van der Waals surface area contributed by atoms with Crippen LogP contribution >= 0.6 is 0 Å². The smallest absolute Gasteiger partial charge is 0.0896 e. The summed E-state index contributed by atoms with van der Waals surface area (Å²) in [6.07, 6.45) is -1.65. The molecule has 0 aliphatic heterocycles. The Morgan fingerprint density at radius 3 is 1.62 bits per heavy atom. The highest BCUT2D eigenvalue weighted by Gasteiger charge is 2.11. The molecular weight excluding hydrogens is 174 g/mol. The molecule has 0 heterocycles. The van der Waals surface area contributed by atoms with E-state index in [1.807, 2.05) is 0 Å². The Kier molecular flexibility index (Phi) is 7.12. The molecule has 0 bridgehead atoms. The van der Waals surface area contributed by atoms with Gasteiger partial charge in [-0.25, -0.2) is 0 Å². The van der Waals surface area contributed by atoms with Gasteiger partial charge < -0.3 is 32.2 Å². The largest absolute Gasteiger partial charge is 0.394 e. The zero-order valence-electron chi connectivity index (χ0n) is 7.63. The summed E-state index contributed by atoms with van der Waals surface area (Å²) in [5.74, 6) is 0. The van der Waals surface area contributed by atoms with Gasteiger partial charge in [0.1, 0.15) is 0 Å². The number of aliphatic hydroxyl groups is 4. The van der Waals surface area contributed by atoms with Gasteiger partial charge in [0.05, 0.1) is 25.4 Å². The molecule has 5 heteroatoms. The second-order valence-corrected chi connectivity index (χ2v) is 2.93. The lowest BCUT2D eigenvalue weighted by atomic mass is 10.3. The summed E-state index contributed by atoms with van der Waals surface area (Å²) in [7, 11) is 0. The van der Waals surface area contributed by atoms with Gasteiger partial charge in [0.15, 0.2) is 0 Å². The van der Waals surface area contributed by atoms with Gasteiger partial charge in [-0.3, -0.25) is 0 Å². The summed E-state index contributed by atoms with van der Waals surface area (Å²) in [4.78, 5) is 1.65. The van der Waals surface area contributed by atoms with E-state index < -0.39 is 12.2 Å². The van der Waals surface area contributed by atoms with Crippen molar-refractivity contribution in [1.29, 1.82) is 0 Å². The van der Waals surface area contributed by atoms with Gasteiger partial charge >= 0.3 is 0 Å². The van der Waals surface area contributed by atoms with Crippen LogP contribution in [0.15, 0.2) is 0 Å². The van der Waals surface area contributed by atoms with Crippen molar-refractivity contribution in [2.24, 2.45) is 0 Å². The van der Waals surface area contributed by atoms with Crippen LogP contribution in [0.1, 0.15) is 0 Å². The first kappa shape index (κ1) is 12.8. The maximum Gasteiger partial charge on any atom is 0.0896 e. The van der Waals surface area contributed by atoms with E-state index in [2.05, 4.69) is 6.92 Å². The Labute approximate surface area is 78.2 Å². The molecule has 0 aliphatic carbocycles. The van der Waals surface area contributed by atoms with Gasteiger partial charge in [0.2, 0.25) is 0 Å². The molecule has 0 saturated heterocycles. The molecule has 0 rings (SSSR count). The van der Waals surface area contributed by atoms with E-state index in [0.29, 0.717) is 6.54 Å². The van der Waals surface area contributed by atoms with Crippen LogP contribution in [0.5, 0.6) is 0 Å². The number of nitrogens with zero attached hydrogens (tertiary/aromatic N) is 1. The molecule has 0 fully saturated rings. The normalized spacial score (nSPS) is 16.2. The molecule has 0 aromatic rings. The summed E-state index contributed by atoms with van der Waals surface area (Å²) >= 11 is 0. The lowest BCUT2D eigenvalue weighted by molar-refractivity contribution is 0.0273. The van der Waals surface area contributed by atoms with E-state index in [0.717, 1.165) is 0 Å². The predicted molar refractivity (Wildman–Crippen MR) is 48.0 cm³/mol. The zero-order chi connectivity index (χ0) is 10.3. The summed E-state index contributed by atoms with van der Waals surface area (Å²) in [5, 5.41) is 35.3. The van der Waals surface area contributed by atoms with Crippen molar-refractivity contribution in [1.82, 2.24) is 4.90 Å². The van der Waals surface area contributed by atoms with Crippen molar-refractivity contribution in [3.63, 3.8) is 0 Å². The fourth-order valence-corrected chi connectivity index (χ4v) is 0.969. The highest BCUT2D eigenvalue weighted by molar-refractivity contribution is 4.68. The van der Waals surface area contributed by atoms with E-state index >= 15 is 0 Å². The lowest BCUT2D eigenvalue weighted by Gasteiger charge is -2.27. The first-order chi connectivity index (χ1) is 6.13. The Morgan fingerprint density at radius 1 is 1.00 bits per heavy atom. The SMILES string of the molecule is [CH2-]CN(CC(O)CO)CC(O)CO. The highest BCUT2D eigenvalue weighted by Crippen LogP contribution is 1.94. The molecule has 0 radical (unpaired) electrons. The minimum Gasteiger partial charge on any atom is -0.394 e. The number of aliphatic hydroxyl groups excluding tert-OH is 4. The van der Waals surface area contributed by atoms with Crippen LogP contribution in [-0.4, -0.2) is 70.4 Å². The topological polar surface area (TPSA) is 84.2 Å². The van der Waals surface area contributed by atoms with E-state index in [9.17, 15) is 0 Å². The van der Waals surface area contributed by atoms with E-state index in [1.165, 1.54) is 0 Å². The first-order valence-electron chi connectivity index (χ1n) is 4.23. The second-order valence-electron chi connectivity index (χ2n) is 2.93. The maximum absolute atomic E-state index is 9.08. The average Bonchev–Trinajstić information content (AvgIpc) is 2.16. The Bertz CT molecular complexity index is 111. The van der Waals surface area contributed by atoms with Crippen LogP contribution in [0.3, 0.4) is 0 Å². The standard InChI is InChI=1S/C8H18NO4/c1-2-9(3-7(12)5-10)4-8(13)6-11/h7-8,10-13H,1-6H2/q-1. The first-order valence-corrected chi connectivity index (χ1v) is 4.23. The lowest BCUT2D eigenvalue weighted by Crippen LogP contribution is -2.40. The third kappa shape index (κ3) is 5.95. The van der Waals surface area contributed by atoms with Crippen molar-refractivity contribution >= 4 is 0 Å². The van der Waals surface area contributed by atoms with Crippen molar-refractivity contribution in [3.05, 3.63) is 6.92 Å². The average molecular weight is 192 g/mol. The minimum absolute atomic E-state index is 0.247. The van der Waals surface area contributed by atoms with Crippen LogP contribution in [0, 0.1) is 6.92 Å². The zero-order valence-corrected chi connectivity index (χ0v) is 7.63. The summed E-state index contributed by atoms with van der Waals surface area (Å²) in [6.45, 7) is 3.88. The summed E-state index contributed by atoms with van der Waals surface area (Å²) in [5.41, 5.74) is 0. The van der Waals surface area contributed by atoms with Crippen LogP contribution in [0.2, 0.25) is 0 Å². The monoisotopic (exact) mass is 192 g/mol. The van der Waals surface area contributed by atoms with Crippen molar-refractivity contribution < 1.29 is 20.4 Å². The molecule has 4 N–H and O–H groups in total. The second kappa shape index (κ2) is 7.23. The molecule has 13 heavy (non-hydrogen) atoms. The highest BCUT2D eigenvalue weighted by atomic mass is 16.3. The van der Waals surface area contributed by atoms with Crippen molar-refractivity contribution in [2.75, 3.05) is 32.8 Å². The van der Waals surface area contributed by atoms with E-state index in [4.69, 9.17) is 20.4 Å². The Hall–Kier alpha value is -0.200. The number of rotatable bonds is 7. The minimum atomic E-state index is -0.826. The third-order valence-corrected chi connectivity index (χ3v) is 1.68. The van der Waals surface area contributed by atoms with Gasteiger partial charge in [-0.2, -0.15) is 0 Å². The molecule has 0 saturated carbocycles. The quantitative estimate of drug-likeness (QED) is 0.345. The summed E-state index contributed by atoms with van der Waals surface area (Å²) < 4.78 is 0. The molecule has 80 valence electrons. The van der Waals surface area contributed by atoms with Gasteiger partial charge in [-0.1, -0.05) is 0 Å². The molecule has 5 nitrogen and oxygen atoms in total. The van der Waals surface area contributed by atoms with Crippen LogP contribution < -0.4 is 0 Å². The predicted octanol–water partition coefficient (Wildman–Crippen LogP) is -2.17. The van der Waals surface area contributed by atoms with Crippen molar-refractivity contribution in [2.45, 2.75) is 12.2 Å². The Balaban J connectivity index is 3.74. The third-order valence-electron chi connectivity index (χ3n) is 1.68. The fraction of sp³-hybridized carbons (Fsp3) is 0.875. The van der Waals surface area contributed by atoms with Crippen LogP contribution in [-0.2, 0) is 0 Å².